The first-order valence-corrected chi connectivity index (χ1v) is 5.14. The summed E-state index contributed by atoms with van der Waals surface area (Å²) in [5.41, 5.74) is 0.903. The molecule has 1 aromatic carbocycles. The molecule has 0 unspecified atom stereocenters. The predicted octanol–water partition coefficient (Wildman–Crippen LogP) is 2.69. The van der Waals surface area contributed by atoms with E-state index < -0.39 is 0 Å². The Morgan fingerprint density at radius 2 is 2.00 bits per heavy atom. The molecule has 3 nitrogen and oxygen atoms in total. The monoisotopic (exact) mass is 220 g/mol. The highest BCUT2D eigenvalue weighted by molar-refractivity contribution is 5.74. The lowest BCUT2D eigenvalue weighted by molar-refractivity contribution is -0.104. The van der Waals surface area contributed by atoms with Crippen LogP contribution in [0.15, 0.2) is 24.3 Å². The van der Waals surface area contributed by atoms with Crippen LogP contribution < -0.4 is 9.47 Å². The fourth-order valence-corrected chi connectivity index (χ4v) is 1.29. The lowest BCUT2D eigenvalue weighted by Crippen LogP contribution is -2.06. The Bertz CT molecular complexity index is 381. The predicted molar refractivity (Wildman–Crippen MR) is 63.9 cm³/mol. The Labute approximate surface area is 95.7 Å². The number of allylic oxidation sites excluding steroid dienone is 1. The third-order valence-corrected chi connectivity index (χ3v) is 1.92. The van der Waals surface area contributed by atoms with Crippen molar-refractivity contribution in [2.45, 2.75) is 20.0 Å². The normalized spacial score (nSPS) is 10.8. The number of aldehydes is 1. The number of hydrogen-bond acceptors (Lipinski definition) is 3. The molecule has 0 radical (unpaired) electrons. The van der Waals surface area contributed by atoms with Crippen LogP contribution in [0.2, 0.25) is 0 Å². The van der Waals surface area contributed by atoms with Crippen molar-refractivity contribution in [2.75, 3.05) is 7.11 Å². The van der Waals surface area contributed by atoms with E-state index in [-0.39, 0.29) is 6.10 Å². The maximum Gasteiger partial charge on any atom is 0.161 e. The van der Waals surface area contributed by atoms with Gasteiger partial charge in [0, 0.05) is 0 Å². The molecule has 1 aromatic rings. The molecule has 0 fully saturated rings. The molecule has 0 saturated carbocycles. The Kier molecular flexibility index (Phi) is 4.58. The summed E-state index contributed by atoms with van der Waals surface area (Å²) in [4.78, 5) is 10.2. The summed E-state index contributed by atoms with van der Waals surface area (Å²) in [6, 6.07) is 5.54. The van der Waals surface area contributed by atoms with Crippen LogP contribution in [-0.4, -0.2) is 19.5 Å². The van der Waals surface area contributed by atoms with Crippen molar-refractivity contribution >= 4 is 12.4 Å². The quantitative estimate of drug-likeness (QED) is 0.565. The van der Waals surface area contributed by atoms with Gasteiger partial charge in [-0.3, -0.25) is 4.79 Å². The number of rotatable bonds is 5. The Morgan fingerprint density at radius 3 is 2.56 bits per heavy atom. The van der Waals surface area contributed by atoms with Gasteiger partial charge in [0.15, 0.2) is 11.5 Å². The van der Waals surface area contributed by atoms with E-state index in [1.165, 1.54) is 6.08 Å². The zero-order chi connectivity index (χ0) is 12.0. The highest BCUT2D eigenvalue weighted by atomic mass is 16.5. The van der Waals surface area contributed by atoms with E-state index in [4.69, 9.17) is 9.47 Å². The number of carbonyl (C=O) groups is 1. The van der Waals surface area contributed by atoms with Gasteiger partial charge < -0.3 is 9.47 Å². The SMILES string of the molecule is COc1cc(C=CC=O)ccc1OC(C)C. The molecule has 86 valence electrons. The number of hydrogen-bond donors (Lipinski definition) is 0. The van der Waals surface area contributed by atoms with Gasteiger partial charge in [0.05, 0.1) is 13.2 Å². The van der Waals surface area contributed by atoms with E-state index in [1.54, 1.807) is 13.2 Å². The smallest absolute Gasteiger partial charge is 0.161 e. The average Bonchev–Trinajstić information content (AvgIpc) is 2.27. The van der Waals surface area contributed by atoms with E-state index in [2.05, 4.69) is 0 Å². The fraction of sp³-hybridized carbons (Fsp3) is 0.308. The summed E-state index contributed by atoms with van der Waals surface area (Å²) in [7, 11) is 1.59. The van der Waals surface area contributed by atoms with Gasteiger partial charge in [-0.25, -0.2) is 0 Å². The Balaban J connectivity index is 2.96. The Hall–Kier alpha value is -1.77. The zero-order valence-electron chi connectivity index (χ0n) is 9.77. The van der Waals surface area contributed by atoms with E-state index >= 15 is 0 Å². The maximum absolute atomic E-state index is 10.2. The molecule has 0 aliphatic rings. The van der Waals surface area contributed by atoms with Gasteiger partial charge in [0.1, 0.15) is 6.29 Å². The molecule has 3 heteroatoms. The molecule has 16 heavy (non-hydrogen) atoms. The fourth-order valence-electron chi connectivity index (χ4n) is 1.29. The van der Waals surface area contributed by atoms with Gasteiger partial charge in [0.2, 0.25) is 0 Å². The number of benzene rings is 1. The number of carbonyl (C=O) groups excluding carboxylic acids is 1. The van der Waals surface area contributed by atoms with Crippen LogP contribution in [0.25, 0.3) is 6.08 Å². The first kappa shape index (κ1) is 12.3. The summed E-state index contributed by atoms with van der Waals surface area (Å²) in [5, 5.41) is 0. The summed E-state index contributed by atoms with van der Waals surface area (Å²) >= 11 is 0. The first-order chi connectivity index (χ1) is 7.67. The largest absolute Gasteiger partial charge is 0.493 e. The molecule has 1 rings (SSSR count). The Morgan fingerprint density at radius 1 is 1.25 bits per heavy atom. The maximum atomic E-state index is 10.2. The molecule has 0 atom stereocenters. The molecule has 0 heterocycles. The van der Waals surface area contributed by atoms with Gasteiger partial charge in [-0.1, -0.05) is 12.1 Å². The topological polar surface area (TPSA) is 35.5 Å². The van der Waals surface area contributed by atoms with Crippen molar-refractivity contribution in [1.82, 2.24) is 0 Å². The standard InChI is InChI=1S/C13H16O3/c1-10(2)16-12-7-6-11(5-4-8-14)9-13(12)15-3/h4-10H,1-3H3. The first-order valence-electron chi connectivity index (χ1n) is 5.14. The van der Waals surface area contributed by atoms with E-state index in [0.717, 1.165) is 11.8 Å². The van der Waals surface area contributed by atoms with Crippen LogP contribution in [0.1, 0.15) is 19.4 Å². The molecular formula is C13H16O3. The van der Waals surface area contributed by atoms with Crippen molar-refractivity contribution in [3.05, 3.63) is 29.8 Å². The number of methoxy groups -OCH3 is 1. The third kappa shape index (κ3) is 3.42. The molecule has 0 N–H and O–H groups in total. The van der Waals surface area contributed by atoms with Crippen molar-refractivity contribution in [3.8, 4) is 11.5 Å². The molecule has 0 spiro atoms. The van der Waals surface area contributed by atoms with Crippen LogP contribution in [0.4, 0.5) is 0 Å². The van der Waals surface area contributed by atoms with Gasteiger partial charge >= 0.3 is 0 Å². The van der Waals surface area contributed by atoms with Crippen LogP contribution >= 0.6 is 0 Å². The highest BCUT2D eigenvalue weighted by Crippen LogP contribution is 2.29. The van der Waals surface area contributed by atoms with E-state index in [1.807, 2.05) is 32.0 Å². The average molecular weight is 220 g/mol. The minimum Gasteiger partial charge on any atom is -0.493 e. The third-order valence-electron chi connectivity index (χ3n) is 1.92. The van der Waals surface area contributed by atoms with E-state index in [9.17, 15) is 4.79 Å². The molecule has 0 aromatic heterocycles. The summed E-state index contributed by atoms with van der Waals surface area (Å²) in [5.74, 6) is 1.38. The molecule has 0 amide bonds. The second-order valence-electron chi connectivity index (χ2n) is 3.57. The highest BCUT2D eigenvalue weighted by Gasteiger charge is 2.06. The molecule has 0 saturated heterocycles. The summed E-state index contributed by atoms with van der Waals surface area (Å²) < 4.78 is 10.8. The minimum atomic E-state index is 0.102. The molecular weight excluding hydrogens is 204 g/mol. The summed E-state index contributed by atoms with van der Waals surface area (Å²) in [6.07, 6.45) is 4.00. The zero-order valence-corrected chi connectivity index (χ0v) is 9.77. The van der Waals surface area contributed by atoms with Crippen molar-refractivity contribution in [1.29, 1.82) is 0 Å². The molecule has 0 aliphatic heterocycles. The lowest BCUT2D eigenvalue weighted by atomic mass is 10.2. The van der Waals surface area contributed by atoms with Crippen molar-refractivity contribution in [2.24, 2.45) is 0 Å². The van der Waals surface area contributed by atoms with Crippen LogP contribution in [-0.2, 0) is 4.79 Å². The van der Waals surface area contributed by atoms with Crippen LogP contribution in [0, 0.1) is 0 Å². The van der Waals surface area contributed by atoms with Gasteiger partial charge in [0.25, 0.3) is 0 Å². The molecule has 0 aliphatic carbocycles. The van der Waals surface area contributed by atoms with Crippen molar-refractivity contribution in [3.63, 3.8) is 0 Å². The number of ether oxygens (including phenoxy) is 2. The van der Waals surface area contributed by atoms with Gasteiger partial charge in [-0.2, -0.15) is 0 Å². The van der Waals surface area contributed by atoms with Gasteiger partial charge in [-0.05, 0) is 37.6 Å². The molecule has 0 bridgehead atoms. The second kappa shape index (κ2) is 5.95. The second-order valence-corrected chi connectivity index (χ2v) is 3.57. The van der Waals surface area contributed by atoms with Gasteiger partial charge in [-0.15, -0.1) is 0 Å². The minimum absolute atomic E-state index is 0.102. The lowest BCUT2D eigenvalue weighted by Gasteiger charge is -2.13. The van der Waals surface area contributed by atoms with Crippen LogP contribution in [0.5, 0.6) is 11.5 Å². The summed E-state index contributed by atoms with van der Waals surface area (Å²) in [6.45, 7) is 3.92. The van der Waals surface area contributed by atoms with Crippen LogP contribution in [0.3, 0.4) is 0 Å². The van der Waals surface area contributed by atoms with E-state index in [0.29, 0.717) is 11.5 Å². The van der Waals surface area contributed by atoms with Crippen molar-refractivity contribution < 1.29 is 14.3 Å².